The van der Waals surface area contributed by atoms with Gasteiger partial charge in [-0.2, -0.15) is 5.10 Å². The molecule has 1 aliphatic carbocycles. The van der Waals surface area contributed by atoms with E-state index in [9.17, 15) is 0 Å². The number of nitrogens with one attached hydrogen (secondary N) is 1. The average Bonchev–Trinajstić information content (AvgIpc) is 3.33. The lowest BCUT2D eigenvalue weighted by Crippen LogP contribution is -2.44. The molecule has 2 aliphatic rings. The van der Waals surface area contributed by atoms with Gasteiger partial charge in [-0.25, -0.2) is 9.97 Å². The first-order chi connectivity index (χ1) is 14.1. The Labute approximate surface area is 172 Å². The monoisotopic (exact) mass is 394 g/mol. The number of hydrogen-bond donors (Lipinski definition) is 1. The van der Waals surface area contributed by atoms with Crippen molar-refractivity contribution in [3.05, 3.63) is 30.6 Å². The van der Waals surface area contributed by atoms with E-state index in [0.29, 0.717) is 0 Å². The minimum absolute atomic E-state index is 0.00108. The van der Waals surface area contributed by atoms with E-state index in [1.165, 1.54) is 0 Å². The molecular formula is C22H30N6O. The lowest BCUT2D eigenvalue weighted by molar-refractivity contribution is 0.200. The third-order valence-electron chi connectivity index (χ3n) is 5.58. The van der Waals surface area contributed by atoms with Crippen LogP contribution in [-0.4, -0.2) is 63.9 Å². The third kappa shape index (κ3) is 4.19. The molecule has 0 unspecified atom stereocenters. The summed E-state index contributed by atoms with van der Waals surface area (Å²) in [7, 11) is 2.15. The first kappa shape index (κ1) is 19.6. The molecule has 0 amide bonds. The maximum Gasteiger partial charge on any atom is 0.132 e. The Morgan fingerprint density at radius 2 is 1.79 bits per heavy atom. The second-order valence-corrected chi connectivity index (χ2v) is 7.88. The van der Waals surface area contributed by atoms with Crippen LogP contribution in [0.2, 0.25) is 0 Å². The molecule has 1 aromatic carbocycles. The van der Waals surface area contributed by atoms with Crippen molar-refractivity contribution in [2.45, 2.75) is 39.2 Å². The number of aromatic amines is 1. The minimum Gasteiger partial charge on any atom is -0.488 e. The molecule has 0 atom stereocenters. The van der Waals surface area contributed by atoms with Gasteiger partial charge in [0.25, 0.3) is 0 Å². The first-order valence-electron chi connectivity index (χ1n) is 10.5. The van der Waals surface area contributed by atoms with Crippen molar-refractivity contribution >= 4 is 16.7 Å². The Hall–Kier alpha value is -2.67. The molecule has 2 fully saturated rings. The highest BCUT2D eigenvalue weighted by Crippen LogP contribution is 2.40. The molecule has 0 spiro atoms. The first-order valence-corrected chi connectivity index (χ1v) is 10.5. The van der Waals surface area contributed by atoms with Gasteiger partial charge in [0.1, 0.15) is 29.2 Å². The highest BCUT2D eigenvalue weighted by molar-refractivity contribution is 5.93. The van der Waals surface area contributed by atoms with Crippen molar-refractivity contribution in [1.82, 2.24) is 25.1 Å². The molecule has 5 rings (SSSR count). The van der Waals surface area contributed by atoms with Crippen LogP contribution in [0.15, 0.2) is 30.6 Å². The largest absolute Gasteiger partial charge is 0.488 e. The van der Waals surface area contributed by atoms with Crippen molar-refractivity contribution in [2.24, 2.45) is 0 Å². The van der Waals surface area contributed by atoms with Gasteiger partial charge in [-0.1, -0.05) is 13.8 Å². The summed E-state index contributed by atoms with van der Waals surface area (Å²) in [4.78, 5) is 13.6. The Balaban J connectivity index is 0.000000994. The fourth-order valence-electron chi connectivity index (χ4n) is 3.50. The molecule has 7 heteroatoms. The molecule has 29 heavy (non-hydrogen) atoms. The zero-order chi connectivity index (χ0) is 20.4. The zero-order valence-corrected chi connectivity index (χ0v) is 17.8. The van der Waals surface area contributed by atoms with Crippen LogP contribution in [0.1, 0.15) is 33.6 Å². The van der Waals surface area contributed by atoms with Crippen LogP contribution in [0, 0.1) is 0 Å². The van der Waals surface area contributed by atoms with Crippen LogP contribution in [0.25, 0.3) is 22.3 Å². The Kier molecular flexibility index (Phi) is 5.41. The molecule has 3 aromatic rings. The van der Waals surface area contributed by atoms with E-state index in [2.05, 4.69) is 50.0 Å². The lowest BCUT2D eigenvalue weighted by Gasteiger charge is -2.33. The normalized spacial score (nSPS) is 18.3. The van der Waals surface area contributed by atoms with Gasteiger partial charge in [-0.05, 0) is 45.0 Å². The van der Waals surface area contributed by atoms with Gasteiger partial charge < -0.3 is 14.5 Å². The number of ether oxygens (including phenoxy) is 1. The van der Waals surface area contributed by atoms with Gasteiger partial charge in [0.05, 0.1) is 11.2 Å². The molecule has 0 bridgehead atoms. The molecule has 3 heterocycles. The molecular weight excluding hydrogens is 364 g/mol. The number of anilines is 1. The van der Waals surface area contributed by atoms with E-state index in [-0.39, 0.29) is 5.60 Å². The predicted molar refractivity (Wildman–Crippen MR) is 116 cm³/mol. The van der Waals surface area contributed by atoms with E-state index in [4.69, 9.17) is 4.74 Å². The number of likely N-dealkylation sites (N-methyl/N-ethyl adjacent to an activating group) is 1. The van der Waals surface area contributed by atoms with Crippen molar-refractivity contribution < 1.29 is 4.74 Å². The molecule has 1 saturated heterocycles. The number of nitrogens with zero attached hydrogens (tertiary/aromatic N) is 5. The van der Waals surface area contributed by atoms with Crippen LogP contribution in [0.4, 0.5) is 5.82 Å². The summed E-state index contributed by atoms with van der Waals surface area (Å²) >= 11 is 0. The number of aromatic nitrogens is 4. The summed E-state index contributed by atoms with van der Waals surface area (Å²) in [6.45, 7) is 10.2. The summed E-state index contributed by atoms with van der Waals surface area (Å²) in [6.07, 6.45) is 3.86. The van der Waals surface area contributed by atoms with Crippen molar-refractivity contribution in [3.8, 4) is 17.1 Å². The van der Waals surface area contributed by atoms with Crippen molar-refractivity contribution in [2.75, 3.05) is 38.1 Å². The van der Waals surface area contributed by atoms with Crippen LogP contribution in [0.5, 0.6) is 5.75 Å². The van der Waals surface area contributed by atoms with E-state index in [1.807, 2.05) is 32.0 Å². The highest BCUT2D eigenvalue weighted by atomic mass is 16.5. The van der Waals surface area contributed by atoms with Crippen LogP contribution in [-0.2, 0) is 0 Å². The zero-order valence-electron chi connectivity index (χ0n) is 17.8. The smallest absolute Gasteiger partial charge is 0.132 e. The van der Waals surface area contributed by atoms with Gasteiger partial charge in [-0.15, -0.1) is 0 Å². The van der Waals surface area contributed by atoms with Gasteiger partial charge >= 0.3 is 0 Å². The van der Waals surface area contributed by atoms with Gasteiger partial charge in [0, 0.05) is 37.6 Å². The van der Waals surface area contributed by atoms with E-state index >= 15 is 0 Å². The predicted octanol–water partition coefficient (Wildman–Crippen LogP) is 3.73. The third-order valence-corrected chi connectivity index (χ3v) is 5.58. The maximum atomic E-state index is 6.12. The Morgan fingerprint density at radius 3 is 2.52 bits per heavy atom. The fourth-order valence-corrected chi connectivity index (χ4v) is 3.50. The number of rotatable bonds is 4. The summed E-state index contributed by atoms with van der Waals surface area (Å²) in [5.74, 6) is 1.85. The maximum absolute atomic E-state index is 6.12. The number of H-pyrrole nitrogens is 1. The summed E-state index contributed by atoms with van der Waals surface area (Å²) in [5.41, 5.74) is 2.66. The van der Waals surface area contributed by atoms with Crippen LogP contribution in [0.3, 0.4) is 0 Å². The molecule has 0 radical (unpaired) electrons. The summed E-state index contributed by atoms with van der Waals surface area (Å²) in [6, 6.07) is 8.13. The van der Waals surface area contributed by atoms with E-state index < -0.39 is 0 Å². The van der Waals surface area contributed by atoms with Gasteiger partial charge in [0.2, 0.25) is 0 Å². The van der Waals surface area contributed by atoms with Crippen LogP contribution >= 0.6 is 0 Å². The standard InChI is InChI=1S/C20H24N6O.C2H6/c1-20(5-6-20)27-14-3-4-16-15(11-14)19(24-23-16)17-12-18(22-13-21-17)26-9-7-25(2)8-10-26;1-2/h3-4,11-13H,5-10H2,1-2H3,(H,23,24);1-2H3. The number of piperazine rings is 1. The van der Waals surface area contributed by atoms with E-state index in [0.717, 1.165) is 72.9 Å². The molecule has 1 N–H and O–H groups in total. The van der Waals surface area contributed by atoms with Crippen molar-refractivity contribution in [1.29, 1.82) is 0 Å². The molecule has 1 aliphatic heterocycles. The van der Waals surface area contributed by atoms with E-state index in [1.54, 1.807) is 6.33 Å². The summed E-state index contributed by atoms with van der Waals surface area (Å²) in [5, 5.41) is 8.66. The van der Waals surface area contributed by atoms with Crippen LogP contribution < -0.4 is 9.64 Å². The summed E-state index contributed by atoms with van der Waals surface area (Å²) < 4.78 is 6.12. The Morgan fingerprint density at radius 1 is 1.03 bits per heavy atom. The molecule has 7 nitrogen and oxygen atoms in total. The molecule has 2 aromatic heterocycles. The lowest BCUT2D eigenvalue weighted by atomic mass is 10.1. The molecule has 154 valence electrons. The Bertz CT molecular complexity index is 972. The van der Waals surface area contributed by atoms with Gasteiger partial charge in [-0.3, -0.25) is 5.10 Å². The average molecular weight is 395 g/mol. The second-order valence-electron chi connectivity index (χ2n) is 7.88. The second kappa shape index (κ2) is 7.99. The number of hydrogen-bond acceptors (Lipinski definition) is 6. The number of fused-ring (bicyclic) bond motifs is 1. The fraction of sp³-hybridized carbons (Fsp3) is 0.500. The SMILES string of the molecule is CC.CN1CCN(c2cc(-c3n[nH]c4ccc(OC5(C)CC5)cc34)ncn2)CC1. The quantitative estimate of drug-likeness (QED) is 0.727. The number of benzene rings is 1. The van der Waals surface area contributed by atoms with Crippen molar-refractivity contribution in [3.63, 3.8) is 0 Å². The minimum atomic E-state index is 0.00108. The topological polar surface area (TPSA) is 70.2 Å². The van der Waals surface area contributed by atoms with Gasteiger partial charge in [0.15, 0.2) is 0 Å². The molecule has 1 saturated carbocycles. The highest BCUT2D eigenvalue weighted by Gasteiger charge is 2.40.